The lowest BCUT2D eigenvalue weighted by atomic mass is 10.1. The maximum atomic E-state index is 12.9. The van der Waals surface area contributed by atoms with E-state index in [1.165, 1.54) is 6.07 Å². The summed E-state index contributed by atoms with van der Waals surface area (Å²) in [7, 11) is 0. The molecule has 0 heterocycles. The van der Waals surface area contributed by atoms with Gasteiger partial charge in [0.05, 0.1) is 5.41 Å². The molecule has 0 aromatic heterocycles. The van der Waals surface area contributed by atoms with Gasteiger partial charge < -0.3 is 10.4 Å². The zero-order valence-electron chi connectivity index (χ0n) is 9.17. The Morgan fingerprint density at radius 3 is 2.59 bits per heavy atom. The van der Waals surface area contributed by atoms with Gasteiger partial charge in [0.15, 0.2) is 11.6 Å². The molecule has 1 aliphatic rings. The second-order valence-corrected chi connectivity index (χ2v) is 4.44. The molecule has 1 fully saturated rings. The topological polar surface area (TPSA) is 49.3 Å². The maximum Gasteiger partial charge on any atom is 0.310 e. The lowest BCUT2D eigenvalue weighted by Crippen LogP contribution is -2.29. The number of aliphatic carboxylic acids is 1. The Balaban J connectivity index is 1.86. The Morgan fingerprint density at radius 1 is 1.35 bits per heavy atom. The fourth-order valence-electron chi connectivity index (χ4n) is 1.71. The van der Waals surface area contributed by atoms with Gasteiger partial charge in [0.1, 0.15) is 0 Å². The van der Waals surface area contributed by atoms with Crippen molar-refractivity contribution in [3.8, 4) is 0 Å². The minimum atomic E-state index is -0.885. The monoisotopic (exact) mass is 241 g/mol. The molecule has 0 amide bonds. The molecular formula is C12H13F2NO2. The van der Waals surface area contributed by atoms with Crippen molar-refractivity contribution in [2.24, 2.45) is 5.41 Å². The number of nitrogens with one attached hydrogen (secondary N) is 1. The van der Waals surface area contributed by atoms with Gasteiger partial charge in [0.25, 0.3) is 0 Å². The summed E-state index contributed by atoms with van der Waals surface area (Å²) in [6, 6.07) is 3.66. The van der Waals surface area contributed by atoms with E-state index in [4.69, 9.17) is 5.11 Å². The summed E-state index contributed by atoms with van der Waals surface area (Å²) in [5, 5.41) is 11.9. The van der Waals surface area contributed by atoms with Crippen molar-refractivity contribution in [3.63, 3.8) is 0 Å². The van der Waals surface area contributed by atoms with Gasteiger partial charge in [-0.3, -0.25) is 4.79 Å². The first-order valence-corrected chi connectivity index (χ1v) is 5.42. The summed E-state index contributed by atoms with van der Waals surface area (Å²) in [4.78, 5) is 10.9. The van der Waals surface area contributed by atoms with E-state index in [1.807, 2.05) is 0 Å². The van der Waals surface area contributed by atoms with E-state index in [2.05, 4.69) is 5.32 Å². The summed E-state index contributed by atoms with van der Waals surface area (Å²) >= 11 is 0. The average molecular weight is 241 g/mol. The molecule has 17 heavy (non-hydrogen) atoms. The fourth-order valence-corrected chi connectivity index (χ4v) is 1.71. The molecule has 1 aliphatic carbocycles. The van der Waals surface area contributed by atoms with Crippen LogP contribution in [0.5, 0.6) is 0 Å². The molecule has 0 atom stereocenters. The predicted molar refractivity (Wildman–Crippen MR) is 57.4 cm³/mol. The highest BCUT2D eigenvalue weighted by atomic mass is 19.2. The summed E-state index contributed by atoms with van der Waals surface area (Å²) in [6.45, 7) is 0.702. The molecule has 0 unspecified atom stereocenters. The van der Waals surface area contributed by atoms with Crippen molar-refractivity contribution < 1.29 is 18.7 Å². The van der Waals surface area contributed by atoms with Crippen LogP contribution in [-0.2, 0) is 11.3 Å². The third-order valence-corrected chi connectivity index (χ3v) is 3.08. The van der Waals surface area contributed by atoms with Crippen molar-refractivity contribution in [2.75, 3.05) is 6.54 Å². The largest absolute Gasteiger partial charge is 0.481 e. The molecule has 2 rings (SSSR count). The van der Waals surface area contributed by atoms with E-state index in [9.17, 15) is 13.6 Å². The van der Waals surface area contributed by atoms with Crippen molar-refractivity contribution in [2.45, 2.75) is 19.4 Å². The number of rotatable bonds is 5. The first kappa shape index (κ1) is 12.0. The quantitative estimate of drug-likeness (QED) is 0.828. The lowest BCUT2D eigenvalue weighted by molar-refractivity contribution is -0.143. The Hall–Kier alpha value is -1.49. The minimum absolute atomic E-state index is 0.340. The van der Waals surface area contributed by atoms with E-state index in [-0.39, 0.29) is 0 Å². The van der Waals surface area contributed by atoms with Crippen LogP contribution in [0, 0.1) is 17.0 Å². The molecule has 1 aromatic carbocycles. The van der Waals surface area contributed by atoms with Crippen LogP contribution >= 0.6 is 0 Å². The highest BCUT2D eigenvalue weighted by molar-refractivity contribution is 5.78. The summed E-state index contributed by atoms with van der Waals surface area (Å²) < 4.78 is 25.5. The van der Waals surface area contributed by atoms with Gasteiger partial charge in [-0.15, -0.1) is 0 Å². The van der Waals surface area contributed by atoms with Crippen LogP contribution in [0.3, 0.4) is 0 Å². The van der Waals surface area contributed by atoms with Crippen LogP contribution in [0.4, 0.5) is 8.78 Å². The average Bonchev–Trinajstić information content (AvgIpc) is 3.04. The van der Waals surface area contributed by atoms with Gasteiger partial charge in [-0.1, -0.05) is 6.07 Å². The molecule has 0 saturated heterocycles. The van der Waals surface area contributed by atoms with E-state index in [1.54, 1.807) is 0 Å². The highest BCUT2D eigenvalue weighted by Crippen LogP contribution is 2.45. The molecular weight excluding hydrogens is 228 g/mol. The molecule has 0 radical (unpaired) electrons. The first-order valence-electron chi connectivity index (χ1n) is 5.42. The van der Waals surface area contributed by atoms with Gasteiger partial charge in [0, 0.05) is 13.1 Å². The van der Waals surface area contributed by atoms with Crippen molar-refractivity contribution in [1.29, 1.82) is 0 Å². The van der Waals surface area contributed by atoms with Crippen molar-refractivity contribution >= 4 is 5.97 Å². The SMILES string of the molecule is O=C(O)C1(CNCc2ccc(F)c(F)c2)CC1. The van der Waals surface area contributed by atoms with E-state index in [0.717, 1.165) is 12.1 Å². The predicted octanol–water partition coefficient (Wildman–Crippen LogP) is 1.92. The molecule has 0 spiro atoms. The van der Waals surface area contributed by atoms with Crippen LogP contribution in [0.25, 0.3) is 0 Å². The van der Waals surface area contributed by atoms with Crippen LogP contribution in [0.1, 0.15) is 18.4 Å². The van der Waals surface area contributed by atoms with Gasteiger partial charge in [-0.25, -0.2) is 8.78 Å². The molecule has 5 heteroatoms. The number of carboxylic acids is 1. The molecule has 92 valence electrons. The first-order chi connectivity index (χ1) is 8.03. The highest BCUT2D eigenvalue weighted by Gasteiger charge is 2.49. The fraction of sp³-hybridized carbons (Fsp3) is 0.417. The molecule has 3 nitrogen and oxygen atoms in total. The second kappa shape index (κ2) is 4.41. The van der Waals surface area contributed by atoms with Crippen LogP contribution in [0.15, 0.2) is 18.2 Å². The number of hydrogen-bond acceptors (Lipinski definition) is 2. The third-order valence-electron chi connectivity index (χ3n) is 3.08. The Morgan fingerprint density at radius 2 is 2.06 bits per heavy atom. The summed E-state index contributed by atoms with van der Waals surface area (Å²) in [5.41, 5.74) is -0.0384. The molecule has 1 saturated carbocycles. The normalized spacial score (nSPS) is 16.8. The zero-order valence-corrected chi connectivity index (χ0v) is 9.17. The van der Waals surface area contributed by atoms with Crippen LogP contribution in [-0.4, -0.2) is 17.6 Å². The van der Waals surface area contributed by atoms with E-state index >= 15 is 0 Å². The number of halogens is 2. The van der Waals surface area contributed by atoms with Crippen molar-refractivity contribution in [3.05, 3.63) is 35.4 Å². The molecule has 0 bridgehead atoms. The smallest absolute Gasteiger partial charge is 0.310 e. The standard InChI is InChI=1S/C12H13F2NO2/c13-9-2-1-8(5-10(9)14)6-15-7-12(3-4-12)11(16)17/h1-2,5,15H,3-4,6-7H2,(H,16,17). The second-order valence-electron chi connectivity index (χ2n) is 4.44. The van der Waals surface area contributed by atoms with Gasteiger partial charge in [-0.05, 0) is 30.5 Å². The Bertz CT molecular complexity index is 444. The third kappa shape index (κ3) is 2.61. The minimum Gasteiger partial charge on any atom is -0.481 e. The van der Waals surface area contributed by atoms with Crippen LogP contribution in [0.2, 0.25) is 0 Å². The van der Waals surface area contributed by atoms with Crippen molar-refractivity contribution in [1.82, 2.24) is 5.32 Å². The van der Waals surface area contributed by atoms with Gasteiger partial charge in [-0.2, -0.15) is 0 Å². The van der Waals surface area contributed by atoms with E-state index in [0.29, 0.717) is 31.5 Å². The maximum absolute atomic E-state index is 12.9. The summed E-state index contributed by atoms with van der Waals surface area (Å²) in [6.07, 6.45) is 1.35. The van der Waals surface area contributed by atoms with Gasteiger partial charge >= 0.3 is 5.97 Å². The number of benzene rings is 1. The Kier molecular flexibility index (Phi) is 3.11. The Labute approximate surface area is 97.5 Å². The molecule has 1 aromatic rings. The van der Waals surface area contributed by atoms with E-state index < -0.39 is 23.0 Å². The number of carboxylic acid groups (broad SMARTS) is 1. The summed E-state index contributed by atoms with van der Waals surface area (Å²) in [5.74, 6) is -2.56. The zero-order chi connectivity index (χ0) is 12.5. The molecule has 2 N–H and O–H groups in total. The van der Waals surface area contributed by atoms with Crippen LogP contribution < -0.4 is 5.32 Å². The lowest BCUT2D eigenvalue weighted by Gasteiger charge is -2.11. The number of carbonyl (C=O) groups is 1. The number of hydrogen-bond donors (Lipinski definition) is 2. The molecule has 0 aliphatic heterocycles. The van der Waals surface area contributed by atoms with Gasteiger partial charge in [0.2, 0.25) is 0 Å².